The molecule has 0 unspecified atom stereocenters. The van der Waals surface area contributed by atoms with Crippen molar-refractivity contribution in [2.45, 2.75) is 24.7 Å². The molecule has 0 radical (unpaired) electrons. The summed E-state index contributed by atoms with van der Waals surface area (Å²) in [5, 5.41) is 2.79. The Kier molecular flexibility index (Phi) is 6.88. The van der Waals surface area contributed by atoms with Gasteiger partial charge in [0.05, 0.1) is 12.1 Å². The largest absolute Gasteiger partial charge is 0.497 e. The molecule has 0 atom stereocenters. The van der Waals surface area contributed by atoms with Crippen molar-refractivity contribution in [2.24, 2.45) is 0 Å². The number of sulfonamides is 1. The first-order valence-corrected chi connectivity index (χ1v) is 9.98. The number of halogens is 1. The lowest BCUT2D eigenvalue weighted by Crippen LogP contribution is -2.24. The average Bonchev–Trinajstić information content (AvgIpc) is 2.62. The zero-order valence-electron chi connectivity index (χ0n) is 14.6. The quantitative estimate of drug-likeness (QED) is 0.666. The molecule has 0 aromatic heterocycles. The first-order valence-electron chi connectivity index (χ1n) is 8.12. The number of rotatable bonds is 8. The first kappa shape index (κ1) is 20.1. The number of ether oxygens (including phenoxy) is 1. The van der Waals surface area contributed by atoms with Crippen molar-refractivity contribution in [1.82, 2.24) is 5.32 Å². The van der Waals surface area contributed by atoms with Gasteiger partial charge >= 0.3 is 0 Å². The number of anilines is 1. The summed E-state index contributed by atoms with van der Waals surface area (Å²) >= 11 is 6.06. The van der Waals surface area contributed by atoms with Crippen molar-refractivity contribution in [1.29, 1.82) is 0 Å². The molecule has 26 heavy (non-hydrogen) atoms. The van der Waals surface area contributed by atoms with E-state index in [2.05, 4.69) is 10.0 Å². The van der Waals surface area contributed by atoms with Crippen LogP contribution in [-0.2, 0) is 10.0 Å². The summed E-state index contributed by atoms with van der Waals surface area (Å²) in [4.78, 5) is 12.0. The predicted molar refractivity (Wildman–Crippen MR) is 102 cm³/mol. The number of hydrogen-bond acceptors (Lipinski definition) is 4. The molecule has 0 saturated carbocycles. The number of carbonyl (C=O) groups excluding carboxylic acids is 1. The lowest BCUT2D eigenvalue weighted by molar-refractivity contribution is 0.0953. The van der Waals surface area contributed by atoms with E-state index in [1.165, 1.54) is 25.3 Å². The second kappa shape index (κ2) is 8.91. The number of hydrogen-bond donors (Lipinski definition) is 2. The summed E-state index contributed by atoms with van der Waals surface area (Å²) in [7, 11) is -2.42. The highest BCUT2D eigenvalue weighted by atomic mass is 35.5. The van der Waals surface area contributed by atoms with E-state index in [0.717, 1.165) is 12.8 Å². The zero-order chi connectivity index (χ0) is 19.2. The highest BCUT2D eigenvalue weighted by Gasteiger charge is 2.20. The number of carbonyl (C=O) groups is 1. The summed E-state index contributed by atoms with van der Waals surface area (Å²) in [6.07, 6.45) is 1.80. The molecule has 2 rings (SSSR count). The summed E-state index contributed by atoms with van der Waals surface area (Å²) in [6.45, 7) is 2.55. The molecule has 0 aliphatic carbocycles. The van der Waals surface area contributed by atoms with Gasteiger partial charge < -0.3 is 10.1 Å². The fourth-order valence-corrected chi connectivity index (χ4v) is 3.79. The molecular formula is C18H21ClN2O4S. The molecule has 0 bridgehead atoms. The molecule has 8 heteroatoms. The van der Waals surface area contributed by atoms with Crippen LogP contribution in [0.15, 0.2) is 47.4 Å². The van der Waals surface area contributed by atoms with Gasteiger partial charge in [0.2, 0.25) is 0 Å². The van der Waals surface area contributed by atoms with Crippen LogP contribution < -0.4 is 14.8 Å². The van der Waals surface area contributed by atoms with Crippen molar-refractivity contribution >= 4 is 33.2 Å². The summed E-state index contributed by atoms with van der Waals surface area (Å²) in [6, 6.07) is 10.6. The molecule has 1 amide bonds. The van der Waals surface area contributed by atoms with E-state index in [4.69, 9.17) is 16.3 Å². The van der Waals surface area contributed by atoms with Gasteiger partial charge in [0, 0.05) is 17.8 Å². The van der Waals surface area contributed by atoms with Gasteiger partial charge in [-0.05, 0) is 48.9 Å². The smallest absolute Gasteiger partial charge is 0.263 e. The third-order valence-corrected chi connectivity index (χ3v) is 5.50. The maximum atomic E-state index is 12.7. The molecule has 0 saturated heterocycles. The summed E-state index contributed by atoms with van der Waals surface area (Å²) < 4.78 is 32.8. The van der Waals surface area contributed by atoms with E-state index in [1.54, 1.807) is 24.3 Å². The van der Waals surface area contributed by atoms with Crippen LogP contribution in [0.3, 0.4) is 0 Å². The van der Waals surface area contributed by atoms with Gasteiger partial charge in [-0.25, -0.2) is 8.42 Å². The van der Waals surface area contributed by atoms with Crippen LogP contribution >= 0.6 is 11.6 Å². The van der Waals surface area contributed by atoms with Crippen molar-refractivity contribution in [3.63, 3.8) is 0 Å². The standard InChI is InChI=1S/C18H21ClN2O4S/c1-3-4-11-20-18(22)13-5-10-16(19)17(12-13)26(23,24)21-14-6-8-15(25-2)9-7-14/h5-10,12,21H,3-4,11H2,1-2H3,(H,20,22). The highest BCUT2D eigenvalue weighted by Crippen LogP contribution is 2.26. The Bertz CT molecular complexity index is 867. The van der Waals surface area contributed by atoms with Gasteiger partial charge in [-0.2, -0.15) is 0 Å². The van der Waals surface area contributed by atoms with Crippen molar-refractivity contribution in [2.75, 3.05) is 18.4 Å². The molecule has 0 fully saturated rings. The minimum absolute atomic E-state index is 0.0381. The van der Waals surface area contributed by atoms with Gasteiger partial charge in [-0.15, -0.1) is 0 Å². The van der Waals surface area contributed by atoms with Gasteiger partial charge in [0.25, 0.3) is 15.9 Å². The molecule has 2 aromatic rings. The Morgan fingerprint density at radius 2 is 1.85 bits per heavy atom. The SMILES string of the molecule is CCCCNC(=O)c1ccc(Cl)c(S(=O)(=O)Nc2ccc(OC)cc2)c1. The van der Waals surface area contributed by atoms with E-state index < -0.39 is 10.0 Å². The molecular weight excluding hydrogens is 376 g/mol. The summed E-state index contributed by atoms with van der Waals surface area (Å²) in [5.74, 6) is 0.271. The van der Waals surface area contributed by atoms with Crippen LogP contribution in [0.4, 0.5) is 5.69 Å². The lowest BCUT2D eigenvalue weighted by Gasteiger charge is -2.12. The van der Waals surface area contributed by atoms with Crippen molar-refractivity contribution in [3.05, 3.63) is 53.1 Å². The van der Waals surface area contributed by atoms with Gasteiger partial charge in [-0.1, -0.05) is 24.9 Å². The van der Waals surface area contributed by atoms with E-state index >= 15 is 0 Å². The molecule has 0 heterocycles. The normalized spacial score (nSPS) is 11.0. The molecule has 0 spiro atoms. The Morgan fingerprint density at radius 3 is 2.46 bits per heavy atom. The van der Waals surface area contributed by atoms with E-state index in [9.17, 15) is 13.2 Å². The van der Waals surface area contributed by atoms with Gasteiger partial charge in [0.1, 0.15) is 10.6 Å². The van der Waals surface area contributed by atoms with Gasteiger partial charge in [0.15, 0.2) is 0 Å². The highest BCUT2D eigenvalue weighted by molar-refractivity contribution is 7.92. The molecule has 140 valence electrons. The number of nitrogens with one attached hydrogen (secondary N) is 2. The topological polar surface area (TPSA) is 84.5 Å². The Labute approximate surface area is 158 Å². The first-order chi connectivity index (χ1) is 12.4. The Balaban J connectivity index is 2.24. The van der Waals surface area contributed by atoms with Gasteiger partial charge in [-0.3, -0.25) is 9.52 Å². The number of benzene rings is 2. The Morgan fingerprint density at radius 1 is 1.15 bits per heavy atom. The third-order valence-electron chi connectivity index (χ3n) is 3.64. The van der Waals surface area contributed by atoms with E-state index in [-0.39, 0.29) is 21.4 Å². The fourth-order valence-electron chi connectivity index (χ4n) is 2.20. The third kappa shape index (κ3) is 5.12. The minimum Gasteiger partial charge on any atom is -0.497 e. The zero-order valence-corrected chi connectivity index (χ0v) is 16.2. The molecule has 6 nitrogen and oxygen atoms in total. The fraction of sp³-hybridized carbons (Fsp3) is 0.278. The maximum absolute atomic E-state index is 12.7. The monoisotopic (exact) mass is 396 g/mol. The van der Waals surface area contributed by atoms with Crippen LogP contribution in [0.5, 0.6) is 5.75 Å². The Hall–Kier alpha value is -2.25. The van der Waals surface area contributed by atoms with Crippen LogP contribution in [0.1, 0.15) is 30.1 Å². The van der Waals surface area contributed by atoms with Crippen LogP contribution in [-0.4, -0.2) is 28.0 Å². The van der Waals surface area contributed by atoms with Crippen molar-refractivity contribution in [3.8, 4) is 5.75 Å². The van der Waals surface area contributed by atoms with Crippen molar-refractivity contribution < 1.29 is 17.9 Å². The second-order valence-corrected chi connectivity index (χ2v) is 7.65. The summed E-state index contributed by atoms with van der Waals surface area (Å²) in [5.41, 5.74) is 0.597. The predicted octanol–water partition coefficient (Wildman–Crippen LogP) is 3.68. The lowest BCUT2D eigenvalue weighted by atomic mass is 10.2. The molecule has 0 aliphatic heterocycles. The second-order valence-electron chi connectivity index (χ2n) is 5.59. The number of unbranched alkanes of at least 4 members (excludes halogenated alkanes) is 1. The number of methoxy groups -OCH3 is 1. The minimum atomic E-state index is -3.95. The van der Waals surface area contributed by atoms with Crippen LogP contribution in [0, 0.1) is 0 Å². The maximum Gasteiger partial charge on any atom is 0.263 e. The van der Waals surface area contributed by atoms with E-state index in [1.807, 2.05) is 6.92 Å². The number of amides is 1. The van der Waals surface area contributed by atoms with Crippen LogP contribution in [0.25, 0.3) is 0 Å². The van der Waals surface area contributed by atoms with Crippen LogP contribution in [0.2, 0.25) is 5.02 Å². The molecule has 2 aromatic carbocycles. The molecule has 0 aliphatic rings. The average molecular weight is 397 g/mol. The van der Waals surface area contributed by atoms with E-state index in [0.29, 0.717) is 18.0 Å². The molecule has 2 N–H and O–H groups in total.